The lowest BCUT2D eigenvalue weighted by Gasteiger charge is -2.24. The van der Waals surface area contributed by atoms with Crippen LogP contribution in [0.3, 0.4) is 0 Å². The number of rotatable bonds is 4. The minimum absolute atomic E-state index is 0.00198. The summed E-state index contributed by atoms with van der Waals surface area (Å²) < 4.78 is 83.5. The molecular weight excluding hydrogens is 456 g/mol. The standard InChI is InChI=1S/C21H17F6N3O3/c1-30(11-12-7-14(20(22,23)24)9-15(8-12)21(25,26)27)19(32)33-18-17(28-10-16(31)29-18)13-5-3-2-4-6-13/h2-9,28H,10-11H2,1H3,(H,29,31). The molecule has 2 amide bonds. The smallest absolute Gasteiger partial charge is 0.391 e. The Hall–Kier alpha value is -3.70. The largest absolute Gasteiger partial charge is 0.416 e. The van der Waals surface area contributed by atoms with Crippen molar-refractivity contribution in [2.45, 2.75) is 18.9 Å². The first-order valence-electron chi connectivity index (χ1n) is 9.39. The quantitative estimate of drug-likeness (QED) is 0.649. The van der Waals surface area contributed by atoms with Gasteiger partial charge < -0.3 is 15.0 Å². The Morgan fingerprint density at radius 1 is 1.00 bits per heavy atom. The van der Waals surface area contributed by atoms with Gasteiger partial charge in [-0.3, -0.25) is 10.1 Å². The van der Waals surface area contributed by atoms with Gasteiger partial charge in [0, 0.05) is 19.2 Å². The Morgan fingerprint density at radius 2 is 1.58 bits per heavy atom. The van der Waals surface area contributed by atoms with Crippen molar-refractivity contribution in [1.82, 2.24) is 15.5 Å². The van der Waals surface area contributed by atoms with Crippen molar-refractivity contribution in [2.75, 3.05) is 13.6 Å². The highest BCUT2D eigenvalue weighted by atomic mass is 19.4. The summed E-state index contributed by atoms with van der Waals surface area (Å²) in [4.78, 5) is 25.0. The van der Waals surface area contributed by atoms with Crippen LogP contribution in [0.2, 0.25) is 0 Å². The first kappa shape index (κ1) is 24.0. The molecule has 2 aromatic carbocycles. The van der Waals surface area contributed by atoms with Crippen molar-refractivity contribution in [3.63, 3.8) is 0 Å². The van der Waals surface area contributed by atoms with Gasteiger partial charge in [0.1, 0.15) is 5.70 Å². The fraction of sp³-hybridized carbons (Fsp3) is 0.238. The third-order valence-electron chi connectivity index (χ3n) is 4.54. The molecule has 1 aliphatic rings. The Balaban J connectivity index is 1.84. The summed E-state index contributed by atoms with van der Waals surface area (Å²) in [5.41, 5.74) is -2.52. The Bertz CT molecular complexity index is 1050. The van der Waals surface area contributed by atoms with Crippen LogP contribution < -0.4 is 10.6 Å². The van der Waals surface area contributed by atoms with Gasteiger partial charge >= 0.3 is 18.4 Å². The number of ether oxygens (including phenoxy) is 1. The fourth-order valence-corrected chi connectivity index (χ4v) is 3.01. The summed E-state index contributed by atoms with van der Waals surface area (Å²) in [5.74, 6) is -0.748. The normalized spacial score (nSPS) is 14.5. The van der Waals surface area contributed by atoms with Crippen molar-refractivity contribution < 1.29 is 40.7 Å². The Labute approximate surface area is 183 Å². The van der Waals surface area contributed by atoms with Crippen LogP contribution in [-0.4, -0.2) is 30.5 Å². The van der Waals surface area contributed by atoms with E-state index in [4.69, 9.17) is 4.74 Å². The van der Waals surface area contributed by atoms with E-state index in [0.717, 1.165) is 11.9 Å². The van der Waals surface area contributed by atoms with Crippen LogP contribution >= 0.6 is 0 Å². The number of nitrogens with zero attached hydrogens (tertiary/aromatic N) is 1. The zero-order chi connectivity index (χ0) is 24.4. The van der Waals surface area contributed by atoms with Gasteiger partial charge in [-0.25, -0.2) is 4.79 Å². The molecule has 0 aliphatic carbocycles. The summed E-state index contributed by atoms with van der Waals surface area (Å²) in [6.07, 6.45) is -11.1. The van der Waals surface area contributed by atoms with E-state index in [1.165, 1.54) is 0 Å². The molecule has 0 bridgehead atoms. The number of carbonyl (C=O) groups is 2. The van der Waals surface area contributed by atoms with Crippen LogP contribution in [0.4, 0.5) is 31.1 Å². The molecule has 0 aromatic heterocycles. The average Bonchev–Trinajstić information content (AvgIpc) is 2.73. The van der Waals surface area contributed by atoms with Gasteiger partial charge in [0.25, 0.3) is 0 Å². The number of nitrogens with one attached hydrogen (secondary N) is 2. The molecule has 2 N–H and O–H groups in total. The molecule has 12 heteroatoms. The maximum Gasteiger partial charge on any atom is 0.416 e. The lowest BCUT2D eigenvalue weighted by atomic mass is 10.0. The van der Waals surface area contributed by atoms with Crippen molar-refractivity contribution in [3.8, 4) is 0 Å². The van der Waals surface area contributed by atoms with Gasteiger partial charge in [0.15, 0.2) is 0 Å². The number of benzene rings is 2. The van der Waals surface area contributed by atoms with Gasteiger partial charge in [0.05, 0.1) is 17.7 Å². The second-order valence-electron chi connectivity index (χ2n) is 7.11. The lowest BCUT2D eigenvalue weighted by Crippen LogP contribution is -2.42. The second kappa shape index (κ2) is 9.04. The fourth-order valence-electron chi connectivity index (χ4n) is 3.01. The van der Waals surface area contributed by atoms with Crippen molar-refractivity contribution >= 4 is 17.7 Å². The average molecular weight is 473 g/mol. The first-order chi connectivity index (χ1) is 15.3. The van der Waals surface area contributed by atoms with Crippen LogP contribution in [0.15, 0.2) is 54.4 Å². The molecule has 1 aliphatic heterocycles. The monoisotopic (exact) mass is 473 g/mol. The van der Waals surface area contributed by atoms with Crippen molar-refractivity contribution in [3.05, 3.63) is 76.7 Å². The first-order valence-corrected chi connectivity index (χ1v) is 9.39. The Morgan fingerprint density at radius 3 is 2.12 bits per heavy atom. The Kier molecular flexibility index (Phi) is 6.56. The molecule has 6 nitrogen and oxygen atoms in total. The molecule has 0 saturated carbocycles. The number of hydrogen-bond donors (Lipinski definition) is 2. The summed E-state index contributed by atoms with van der Waals surface area (Å²) in [5, 5.41) is 5.18. The van der Waals surface area contributed by atoms with Crippen molar-refractivity contribution in [1.29, 1.82) is 0 Å². The van der Waals surface area contributed by atoms with E-state index >= 15 is 0 Å². The van der Waals surface area contributed by atoms with Crippen molar-refractivity contribution in [2.24, 2.45) is 0 Å². The molecule has 0 unspecified atom stereocenters. The van der Waals surface area contributed by atoms with Crippen LogP contribution in [0, 0.1) is 0 Å². The predicted molar refractivity (Wildman–Crippen MR) is 104 cm³/mol. The zero-order valence-electron chi connectivity index (χ0n) is 17.0. The van der Waals surface area contributed by atoms with E-state index in [9.17, 15) is 35.9 Å². The predicted octanol–water partition coefficient (Wildman–Crippen LogP) is 4.34. The molecule has 2 aromatic rings. The summed E-state index contributed by atoms with van der Waals surface area (Å²) in [6, 6.07) is 9.57. The topological polar surface area (TPSA) is 70.7 Å². The van der Waals surface area contributed by atoms with Crippen LogP contribution in [0.5, 0.6) is 0 Å². The molecule has 0 radical (unpaired) electrons. The van der Waals surface area contributed by atoms with Gasteiger partial charge in [-0.2, -0.15) is 26.3 Å². The summed E-state index contributed by atoms with van der Waals surface area (Å²) in [7, 11) is 1.14. The minimum atomic E-state index is -5.01. The summed E-state index contributed by atoms with van der Waals surface area (Å²) in [6.45, 7) is -0.702. The van der Waals surface area contributed by atoms with Gasteiger partial charge in [-0.05, 0) is 23.8 Å². The van der Waals surface area contributed by atoms with Crippen LogP contribution in [-0.2, 0) is 28.4 Å². The van der Waals surface area contributed by atoms with E-state index < -0.39 is 47.6 Å². The molecular formula is C21H17F6N3O3. The molecule has 1 heterocycles. The van der Waals surface area contributed by atoms with Crippen LogP contribution in [0.25, 0.3) is 5.70 Å². The molecule has 0 saturated heterocycles. The van der Waals surface area contributed by atoms with Gasteiger partial charge in [-0.1, -0.05) is 30.3 Å². The molecule has 0 fully saturated rings. The number of carbonyl (C=O) groups excluding carboxylic acids is 2. The SMILES string of the molecule is CN(Cc1cc(C(F)(F)F)cc(C(F)(F)F)c1)C(=O)OC1=C(c2ccccc2)NCC(=O)N1. The molecule has 0 spiro atoms. The number of halogens is 6. The molecule has 3 rings (SSSR count). The summed E-state index contributed by atoms with van der Waals surface area (Å²) >= 11 is 0. The maximum absolute atomic E-state index is 13.1. The lowest BCUT2D eigenvalue weighted by molar-refractivity contribution is -0.143. The highest BCUT2D eigenvalue weighted by Crippen LogP contribution is 2.36. The van der Waals surface area contributed by atoms with E-state index in [1.807, 2.05) is 0 Å². The maximum atomic E-state index is 13.1. The van der Waals surface area contributed by atoms with E-state index in [2.05, 4.69) is 10.6 Å². The van der Waals surface area contributed by atoms with E-state index in [0.29, 0.717) is 17.7 Å². The highest BCUT2D eigenvalue weighted by molar-refractivity contribution is 5.87. The highest BCUT2D eigenvalue weighted by Gasteiger charge is 2.37. The van der Waals surface area contributed by atoms with Crippen LogP contribution in [0.1, 0.15) is 22.3 Å². The van der Waals surface area contributed by atoms with Gasteiger partial charge in [0.2, 0.25) is 11.8 Å². The third kappa shape index (κ3) is 5.96. The molecule has 33 heavy (non-hydrogen) atoms. The number of hydrogen-bond acceptors (Lipinski definition) is 4. The molecule has 0 atom stereocenters. The van der Waals surface area contributed by atoms with E-state index in [1.54, 1.807) is 30.3 Å². The van der Waals surface area contributed by atoms with E-state index in [-0.39, 0.29) is 24.2 Å². The number of alkyl halides is 6. The number of amides is 2. The third-order valence-corrected chi connectivity index (χ3v) is 4.54. The van der Waals surface area contributed by atoms with Gasteiger partial charge in [-0.15, -0.1) is 0 Å². The minimum Gasteiger partial charge on any atom is -0.391 e. The zero-order valence-corrected chi connectivity index (χ0v) is 17.0. The molecule has 176 valence electrons. The second-order valence-corrected chi connectivity index (χ2v) is 7.11.